The van der Waals surface area contributed by atoms with Crippen molar-refractivity contribution >= 4 is 5.91 Å². The molecule has 22 heavy (non-hydrogen) atoms. The van der Waals surface area contributed by atoms with Crippen molar-refractivity contribution in [2.75, 3.05) is 6.54 Å². The Bertz CT molecular complexity index is 450. The van der Waals surface area contributed by atoms with Crippen LogP contribution in [-0.4, -0.2) is 18.6 Å². The third-order valence-corrected chi connectivity index (χ3v) is 3.99. The molecule has 1 rings (SSSR count). The summed E-state index contributed by atoms with van der Waals surface area (Å²) < 4.78 is 5.77. The Labute approximate surface area is 135 Å². The minimum Gasteiger partial charge on any atom is -0.481 e. The van der Waals surface area contributed by atoms with Crippen LogP contribution in [0.2, 0.25) is 0 Å². The monoisotopic (exact) mass is 305 g/mol. The van der Waals surface area contributed by atoms with Gasteiger partial charge in [0.25, 0.3) is 5.91 Å². The number of aryl methyl sites for hydroxylation is 2. The lowest BCUT2D eigenvalue weighted by molar-refractivity contribution is -0.127. The fraction of sp³-hybridized carbons (Fsp3) is 0.632. The molecule has 0 spiro atoms. The molecular formula is C19H31NO2. The SMILES string of the molecule is CCCC[C@@H](CC)CNC(=O)[C@@H](C)Oc1cc(C)cc(C)c1. The number of unbranched alkanes of at least 4 members (excludes halogenated alkanes) is 1. The fourth-order valence-electron chi connectivity index (χ4n) is 2.59. The highest BCUT2D eigenvalue weighted by Gasteiger charge is 2.16. The standard InChI is InChI=1S/C19H31NO2/c1-6-8-9-17(7-2)13-20-19(21)16(5)22-18-11-14(3)10-15(4)12-18/h10-12,16-17H,6-9,13H2,1-5H3,(H,20,21)/t16-,17-/m1/s1. The molecule has 0 saturated carbocycles. The Morgan fingerprint density at radius 2 is 1.82 bits per heavy atom. The number of hydrogen-bond acceptors (Lipinski definition) is 2. The first-order chi connectivity index (χ1) is 10.5. The van der Waals surface area contributed by atoms with E-state index in [1.54, 1.807) is 6.92 Å². The lowest BCUT2D eigenvalue weighted by atomic mass is 9.99. The number of rotatable bonds is 9. The number of nitrogens with one attached hydrogen (secondary N) is 1. The van der Waals surface area contributed by atoms with Gasteiger partial charge in [-0.3, -0.25) is 4.79 Å². The second kappa shape index (κ2) is 9.50. The van der Waals surface area contributed by atoms with Crippen molar-refractivity contribution in [2.24, 2.45) is 5.92 Å². The molecule has 3 heteroatoms. The Kier molecular flexibility index (Phi) is 8.00. The molecule has 3 nitrogen and oxygen atoms in total. The van der Waals surface area contributed by atoms with E-state index in [2.05, 4.69) is 25.2 Å². The van der Waals surface area contributed by atoms with Crippen LogP contribution in [-0.2, 0) is 4.79 Å². The lowest BCUT2D eigenvalue weighted by Gasteiger charge is -2.19. The van der Waals surface area contributed by atoms with Crippen LogP contribution in [0.4, 0.5) is 0 Å². The van der Waals surface area contributed by atoms with Crippen molar-refractivity contribution in [3.05, 3.63) is 29.3 Å². The number of hydrogen-bond donors (Lipinski definition) is 1. The van der Waals surface area contributed by atoms with Gasteiger partial charge < -0.3 is 10.1 Å². The minimum absolute atomic E-state index is 0.0332. The second-order valence-corrected chi connectivity index (χ2v) is 6.25. The van der Waals surface area contributed by atoms with Gasteiger partial charge in [0, 0.05) is 6.54 Å². The van der Waals surface area contributed by atoms with E-state index in [1.807, 2.05) is 26.0 Å². The van der Waals surface area contributed by atoms with E-state index >= 15 is 0 Å². The molecule has 0 radical (unpaired) electrons. The highest BCUT2D eigenvalue weighted by molar-refractivity contribution is 5.80. The van der Waals surface area contributed by atoms with Gasteiger partial charge in [-0.1, -0.05) is 39.2 Å². The number of carbonyl (C=O) groups is 1. The average molecular weight is 305 g/mol. The van der Waals surface area contributed by atoms with Crippen molar-refractivity contribution in [2.45, 2.75) is 66.4 Å². The number of benzene rings is 1. The maximum Gasteiger partial charge on any atom is 0.260 e. The molecule has 0 unspecified atom stereocenters. The van der Waals surface area contributed by atoms with E-state index in [1.165, 1.54) is 19.3 Å². The molecule has 0 aliphatic carbocycles. The zero-order valence-corrected chi connectivity index (χ0v) is 14.7. The van der Waals surface area contributed by atoms with Crippen LogP contribution >= 0.6 is 0 Å². The van der Waals surface area contributed by atoms with Gasteiger partial charge in [-0.2, -0.15) is 0 Å². The van der Waals surface area contributed by atoms with Crippen LogP contribution in [0.25, 0.3) is 0 Å². The van der Waals surface area contributed by atoms with Crippen LogP contribution < -0.4 is 10.1 Å². The van der Waals surface area contributed by atoms with Gasteiger partial charge in [-0.15, -0.1) is 0 Å². The van der Waals surface area contributed by atoms with Crippen LogP contribution in [0.1, 0.15) is 57.6 Å². The van der Waals surface area contributed by atoms with E-state index in [0.29, 0.717) is 5.92 Å². The molecule has 0 aliphatic heterocycles. The Morgan fingerprint density at radius 1 is 1.18 bits per heavy atom. The predicted molar refractivity (Wildman–Crippen MR) is 92.3 cm³/mol. The molecule has 0 bridgehead atoms. The van der Waals surface area contributed by atoms with E-state index in [9.17, 15) is 4.79 Å². The number of amides is 1. The van der Waals surface area contributed by atoms with Gasteiger partial charge in [-0.25, -0.2) is 0 Å². The molecule has 124 valence electrons. The molecule has 1 aromatic carbocycles. The van der Waals surface area contributed by atoms with E-state index in [0.717, 1.165) is 29.8 Å². The number of ether oxygens (including phenoxy) is 1. The first-order valence-electron chi connectivity index (χ1n) is 8.48. The third-order valence-electron chi connectivity index (χ3n) is 3.99. The fourth-order valence-corrected chi connectivity index (χ4v) is 2.59. The highest BCUT2D eigenvalue weighted by Crippen LogP contribution is 2.18. The average Bonchev–Trinajstić information content (AvgIpc) is 2.46. The maximum atomic E-state index is 12.2. The largest absolute Gasteiger partial charge is 0.481 e. The van der Waals surface area contributed by atoms with Crippen molar-refractivity contribution in [1.29, 1.82) is 0 Å². The van der Waals surface area contributed by atoms with Gasteiger partial charge in [0.15, 0.2) is 6.10 Å². The summed E-state index contributed by atoms with van der Waals surface area (Å²) in [5.74, 6) is 1.30. The zero-order chi connectivity index (χ0) is 16.5. The Balaban J connectivity index is 2.47. The molecule has 0 heterocycles. The van der Waals surface area contributed by atoms with Crippen molar-refractivity contribution in [3.63, 3.8) is 0 Å². The first kappa shape index (κ1) is 18.5. The topological polar surface area (TPSA) is 38.3 Å². The lowest BCUT2D eigenvalue weighted by Crippen LogP contribution is -2.38. The normalized spacial score (nSPS) is 13.5. The smallest absolute Gasteiger partial charge is 0.260 e. The van der Waals surface area contributed by atoms with Crippen LogP contribution in [0.15, 0.2) is 18.2 Å². The molecular weight excluding hydrogens is 274 g/mol. The molecule has 0 aliphatic rings. The summed E-state index contributed by atoms with van der Waals surface area (Å²) in [4.78, 5) is 12.2. The van der Waals surface area contributed by atoms with Gasteiger partial charge in [0.05, 0.1) is 0 Å². The maximum absolute atomic E-state index is 12.2. The summed E-state index contributed by atoms with van der Waals surface area (Å²) >= 11 is 0. The van der Waals surface area contributed by atoms with Gasteiger partial charge in [-0.05, 0) is 56.4 Å². The van der Waals surface area contributed by atoms with Gasteiger partial charge in [0.2, 0.25) is 0 Å². The summed E-state index contributed by atoms with van der Waals surface area (Å²) in [5, 5.41) is 3.03. The molecule has 1 aromatic rings. The first-order valence-corrected chi connectivity index (χ1v) is 8.48. The molecule has 1 amide bonds. The van der Waals surface area contributed by atoms with E-state index in [4.69, 9.17) is 4.74 Å². The molecule has 2 atom stereocenters. The molecule has 0 saturated heterocycles. The quantitative estimate of drug-likeness (QED) is 0.734. The molecule has 0 aromatic heterocycles. The third kappa shape index (κ3) is 6.50. The summed E-state index contributed by atoms with van der Waals surface area (Å²) in [6.07, 6.45) is 4.25. The summed E-state index contributed by atoms with van der Waals surface area (Å²) in [5.41, 5.74) is 2.29. The minimum atomic E-state index is -0.468. The number of carbonyl (C=O) groups excluding carboxylic acids is 1. The van der Waals surface area contributed by atoms with E-state index < -0.39 is 6.10 Å². The highest BCUT2D eigenvalue weighted by atomic mass is 16.5. The van der Waals surface area contributed by atoms with Gasteiger partial charge >= 0.3 is 0 Å². The van der Waals surface area contributed by atoms with E-state index in [-0.39, 0.29) is 5.91 Å². The van der Waals surface area contributed by atoms with Crippen molar-refractivity contribution < 1.29 is 9.53 Å². The molecule has 0 fully saturated rings. The van der Waals surface area contributed by atoms with Crippen LogP contribution in [0.3, 0.4) is 0 Å². The van der Waals surface area contributed by atoms with Crippen LogP contribution in [0, 0.1) is 19.8 Å². The second-order valence-electron chi connectivity index (χ2n) is 6.25. The summed E-state index contributed by atoms with van der Waals surface area (Å²) in [6, 6.07) is 6.02. The molecule has 1 N–H and O–H groups in total. The summed E-state index contributed by atoms with van der Waals surface area (Å²) in [7, 11) is 0. The Hall–Kier alpha value is -1.51. The Morgan fingerprint density at radius 3 is 2.36 bits per heavy atom. The summed E-state index contributed by atoms with van der Waals surface area (Å²) in [6.45, 7) is 11.0. The van der Waals surface area contributed by atoms with Crippen LogP contribution in [0.5, 0.6) is 5.75 Å². The van der Waals surface area contributed by atoms with Crippen molar-refractivity contribution in [1.82, 2.24) is 5.32 Å². The van der Waals surface area contributed by atoms with Gasteiger partial charge in [0.1, 0.15) is 5.75 Å². The zero-order valence-electron chi connectivity index (χ0n) is 14.7. The van der Waals surface area contributed by atoms with Crippen molar-refractivity contribution in [3.8, 4) is 5.75 Å². The predicted octanol–water partition coefficient (Wildman–Crippen LogP) is 4.40.